The highest BCUT2D eigenvalue weighted by Gasteiger charge is 2.33. The molecule has 1 aromatic rings. The number of ether oxygens (including phenoxy) is 1. The van der Waals surface area contributed by atoms with Gasteiger partial charge in [-0.15, -0.1) is 0 Å². The molecule has 0 aliphatic heterocycles. The van der Waals surface area contributed by atoms with Gasteiger partial charge in [-0.1, -0.05) is 43.0 Å². The number of benzene rings is 1. The van der Waals surface area contributed by atoms with Crippen molar-refractivity contribution < 1.29 is 14.3 Å². The van der Waals surface area contributed by atoms with E-state index in [1.807, 2.05) is 24.3 Å². The van der Waals surface area contributed by atoms with E-state index in [2.05, 4.69) is 0 Å². The fourth-order valence-electron chi connectivity index (χ4n) is 3.29. The van der Waals surface area contributed by atoms with Crippen LogP contribution in [-0.4, -0.2) is 18.4 Å². The highest BCUT2D eigenvalue weighted by Crippen LogP contribution is 2.29. The predicted octanol–water partition coefficient (Wildman–Crippen LogP) is 4.60. The van der Waals surface area contributed by atoms with Crippen molar-refractivity contribution in [3.8, 4) is 0 Å². The van der Waals surface area contributed by atoms with E-state index in [0.29, 0.717) is 24.5 Å². The molecule has 0 saturated heterocycles. The quantitative estimate of drug-likeness (QED) is 0.539. The number of hydrogen-bond acceptors (Lipinski definition) is 3. The van der Waals surface area contributed by atoms with Gasteiger partial charge in [0.1, 0.15) is 11.7 Å². The molecule has 2 rings (SSSR count). The van der Waals surface area contributed by atoms with E-state index >= 15 is 0 Å². The van der Waals surface area contributed by atoms with Gasteiger partial charge in [0.2, 0.25) is 0 Å². The molecular formula is C19H25ClO3. The lowest BCUT2D eigenvalue weighted by molar-refractivity contribution is -0.153. The summed E-state index contributed by atoms with van der Waals surface area (Å²) in [6.07, 6.45) is 6.33. The van der Waals surface area contributed by atoms with E-state index in [-0.39, 0.29) is 17.7 Å². The maximum atomic E-state index is 12.8. The van der Waals surface area contributed by atoms with E-state index < -0.39 is 5.92 Å². The van der Waals surface area contributed by atoms with Crippen molar-refractivity contribution in [1.82, 2.24) is 0 Å². The fourth-order valence-corrected chi connectivity index (χ4v) is 3.51. The Hall–Kier alpha value is -1.35. The smallest absolute Gasteiger partial charge is 0.316 e. The van der Waals surface area contributed by atoms with E-state index in [1.165, 1.54) is 6.42 Å². The van der Waals surface area contributed by atoms with Crippen LogP contribution in [0.5, 0.6) is 0 Å². The zero-order valence-electron chi connectivity index (χ0n) is 13.7. The van der Waals surface area contributed by atoms with E-state index in [0.717, 1.165) is 31.2 Å². The molecule has 1 atom stereocenters. The first-order chi connectivity index (χ1) is 11.1. The number of halogens is 1. The van der Waals surface area contributed by atoms with Crippen LogP contribution in [0.2, 0.25) is 5.02 Å². The first kappa shape index (κ1) is 18.0. The molecule has 3 nitrogen and oxygen atoms in total. The normalized spacial score (nSPS) is 16.8. The zero-order valence-corrected chi connectivity index (χ0v) is 14.5. The lowest BCUT2D eigenvalue weighted by Gasteiger charge is -2.24. The van der Waals surface area contributed by atoms with Crippen molar-refractivity contribution in [2.45, 2.75) is 51.9 Å². The first-order valence-corrected chi connectivity index (χ1v) is 8.94. The fraction of sp³-hybridized carbons (Fsp3) is 0.579. The van der Waals surface area contributed by atoms with Gasteiger partial charge >= 0.3 is 5.97 Å². The topological polar surface area (TPSA) is 43.4 Å². The summed E-state index contributed by atoms with van der Waals surface area (Å²) in [7, 11) is 0. The number of esters is 1. The predicted molar refractivity (Wildman–Crippen MR) is 91.5 cm³/mol. The summed E-state index contributed by atoms with van der Waals surface area (Å²) < 4.78 is 5.14. The summed E-state index contributed by atoms with van der Waals surface area (Å²) in [6.45, 7) is 2.08. The Kier molecular flexibility index (Phi) is 7.10. The minimum Gasteiger partial charge on any atom is -0.465 e. The third-order valence-corrected chi connectivity index (χ3v) is 4.77. The van der Waals surface area contributed by atoms with Crippen LogP contribution in [0, 0.1) is 11.8 Å². The average Bonchev–Trinajstić information content (AvgIpc) is 2.56. The highest BCUT2D eigenvalue weighted by molar-refractivity contribution is 6.30. The van der Waals surface area contributed by atoms with E-state index in [9.17, 15) is 9.59 Å². The van der Waals surface area contributed by atoms with Gasteiger partial charge in [0, 0.05) is 10.9 Å². The van der Waals surface area contributed by atoms with Crippen LogP contribution in [0.1, 0.15) is 51.0 Å². The van der Waals surface area contributed by atoms with Crippen molar-refractivity contribution in [2.75, 3.05) is 6.61 Å². The second-order valence-electron chi connectivity index (χ2n) is 6.21. The molecular weight excluding hydrogens is 312 g/mol. The summed E-state index contributed by atoms with van der Waals surface area (Å²) in [5.41, 5.74) is 1.04. The first-order valence-electron chi connectivity index (χ1n) is 8.56. The van der Waals surface area contributed by atoms with Crippen LogP contribution in [-0.2, 0) is 20.7 Å². The molecule has 0 N–H and O–H groups in total. The Morgan fingerprint density at radius 2 is 2.00 bits per heavy atom. The largest absolute Gasteiger partial charge is 0.465 e. The van der Waals surface area contributed by atoms with Gasteiger partial charge in [-0.2, -0.15) is 0 Å². The molecule has 0 amide bonds. The summed E-state index contributed by atoms with van der Waals surface area (Å²) >= 11 is 6.00. The second-order valence-corrected chi connectivity index (χ2v) is 6.65. The van der Waals surface area contributed by atoms with Gasteiger partial charge in [0.25, 0.3) is 0 Å². The molecule has 0 aromatic heterocycles. The van der Waals surface area contributed by atoms with Crippen molar-refractivity contribution in [2.24, 2.45) is 11.8 Å². The lowest BCUT2D eigenvalue weighted by Crippen LogP contribution is -2.32. The molecule has 0 heterocycles. The molecule has 1 aromatic carbocycles. The monoisotopic (exact) mass is 336 g/mol. The molecule has 126 valence electrons. The summed E-state index contributed by atoms with van der Waals surface area (Å²) in [6, 6.07) is 7.56. The molecule has 1 aliphatic carbocycles. The molecule has 1 fully saturated rings. The average molecular weight is 337 g/mol. The van der Waals surface area contributed by atoms with Crippen LogP contribution in [0.25, 0.3) is 0 Å². The number of carbonyl (C=O) groups is 2. The Bertz CT molecular complexity index is 535. The van der Waals surface area contributed by atoms with Gasteiger partial charge in [0.15, 0.2) is 0 Å². The van der Waals surface area contributed by atoms with Gasteiger partial charge < -0.3 is 4.74 Å². The van der Waals surface area contributed by atoms with E-state index in [4.69, 9.17) is 16.3 Å². The van der Waals surface area contributed by atoms with Gasteiger partial charge in [0.05, 0.1) is 6.61 Å². The van der Waals surface area contributed by atoms with Gasteiger partial charge in [-0.25, -0.2) is 0 Å². The zero-order chi connectivity index (χ0) is 16.7. The van der Waals surface area contributed by atoms with Crippen LogP contribution in [0.4, 0.5) is 0 Å². The molecule has 1 saturated carbocycles. The number of hydrogen-bond donors (Lipinski definition) is 0. The number of carbonyl (C=O) groups excluding carboxylic acids is 2. The molecule has 0 spiro atoms. The van der Waals surface area contributed by atoms with Crippen LogP contribution < -0.4 is 0 Å². The maximum Gasteiger partial charge on any atom is 0.316 e. The standard InChI is InChI=1S/C19H25ClO3/c1-2-23-19(22)17(18(21)15-8-4-3-5-9-15)12-11-14-7-6-10-16(20)13-14/h6-7,10,13,15,17H,2-5,8-9,11-12H2,1H3. The highest BCUT2D eigenvalue weighted by atomic mass is 35.5. The number of Topliss-reactive ketones (excluding diaryl/α,β-unsaturated/α-hetero) is 1. The Balaban J connectivity index is 2.04. The third-order valence-electron chi connectivity index (χ3n) is 4.53. The molecule has 1 unspecified atom stereocenters. The molecule has 4 heteroatoms. The number of ketones is 1. The van der Waals surface area contributed by atoms with Crippen LogP contribution >= 0.6 is 11.6 Å². The Morgan fingerprint density at radius 1 is 1.26 bits per heavy atom. The number of aryl methyl sites for hydroxylation is 1. The Labute approximate surface area is 143 Å². The molecule has 0 radical (unpaired) electrons. The number of rotatable bonds is 7. The third kappa shape index (κ3) is 5.35. The van der Waals surface area contributed by atoms with Gasteiger partial charge in [-0.05, 0) is 50.3 Å². The van der Waals surface area contributed by atoms with Crippen molar-refractivity contribution >= 4 is 23.4 Å². The van der Waals surface area contributed by atoms with E-state index in [1.54, 1.807) is 6.92 Å². The van der Waals surface area contributed by atoms with Crippen LogP contribution in [0.15, 0.2) is 24.3 Å². The van der Waals surface area contributed by atoms with Crippen LogP contribution in [0.3, 0.4) is 0 Å². The van der Waals surface area contributed by atoms with Crippen molar-refractivity contribution in [3.63, 3.8) is 0 Å². The molecule has 0 bridgehead atoms. The van der Waals surface area contributed by atoms with Gasteiger partial charge in [-0.3, -0.25) is 9.59 Å². The maximum absolute atomic E-state index is 12.8. The summed E-state index contributed by atoms with van der Waals surface area (Å²) in [4.78, 5) is 25.0. The minimum atomic E-state index is -0.642. The second kappa shape index (κ2) is 9.07. The van der Waals surface area contributed by atoms with Crippen molar-refractivity contribution in [3.05, 3.63) is 34.9 Å². The summed E-state index contributed by atoms with van der Waals surface area (Å²) in [5, 5.41) is 0.675. The van der Waals surface area contributed by atoms with Crippen molar-refractivity contribution in [1.29, 1.82) is 0 Å². The SMILES string of the molecule is CCOC(=O)C(CCc1cccc(Cl)c1)C(=O)C1CCCCC1. The Morgan fingerprint density at radius 3 is 2.65 bits per heavy atom. The lowest BCUT2D eigenvalue weighted by atomic mass is 9.80. The summed E-state index contributed by atoms with van der Waals surface area (Å²) in [5.74, 6) is -0.912. The molecule has 1 aliphatic rings. The molecule has 23 heavy (non-hydrogen) atoms. The minimum absolute atomic E-state index is 0.0255.